The average Bonchev–Trinajstić information content (AvgIpc) is 2.53. The van der Waals surface area contributed by atoms with Crippen molar-refractivity contribution in [2.75, 3.05) is 0 Å². The molecule has 0 fully saturated rings. The summed E-state index contributed by atoms with van der Waals surface area (Å²) >= 11 is 0. The zero-order valence-corrected chi connectivity index (χ0v) is 12.1. The quantitative estimate of drug-likeness (QED) is 0.717. The van der Waals surface area contributed by atoms with Gasteiger partial charge in [-0.25, -0.2) is 0 Å². The second-order valence-electron chi connectivity index (χ2n) is 5.42. The molecule has 1 atom stereocenters. The average molecular weight is 247 g/mol. The molecule has 0 aliphatic heterocycles. The minimum Gasteiger partial charge on any atom is -0.392 e. The Morgan fingerprint density at radius 1 is 1.06 bits per heavy atom. The van der Waals surface area contributed by atoms with Crippen molar-refractivity contribution in [3.63, 3.8) is 0 Å². The third kappa shape index (κ3) is 3.23. The maximum absolute atomic E-state index is 10.3. The van der Waals surface area contributed by atoms with E-state index in [9.17, 15) is 5.11 Å². The first-order chi connectivity index (χ1) is 8.50. The van der Waals surface area contributed by atoms with Crippen molar-refractivity contribution in [2.45, 2.75) is 65.9 Å². The predicted octanol–water partition coefficient (Wildman–Crippen LogP) is 4.12. The molecule has 0 saturated heterocycles. The summed E-state index contributed by atoms with van der Waals surface area (Å²) in [4.78, 5) is 0. The van der Waals surface area contributed by atoms with E-state index in [0.717, 1.165) is 25.7 Å². The van der Waals surface area contributed by atoms with Crippen molar-refractivity contribution in [2.24, 2.45) is 5.92 Å². The Hall–Kier alpha value is -1.07. The van der Waals surface area contributed by atoms with E-state index in [1.807, 2.05) is 0 Å². The molecule has 1 unspecified atom stereocenters. The Morgan fingerprint density at radius 2 is 1.61 bits per heavy atom. The van der Waals surface area contributed by atoms with Gasteiger partial charge in [0.15, 0.2) is 0 Å². The molecule has 0 heterocycles. The molecule has 0 aromatic heterocycles. The lowest BCUT2D eigenvalue weighted by Gasteiger charge is -2.22. The van der Waals surface area contributed by atoms with Crippen molar-refractivity contribution >= 4 is 0 Å². The topological polar surface area (TPSA) is 44.0 Å². The number of allylic oxidation sites excluding steroid dienone is 2. The monoisotopic (exact) mass is 247 g/mol. The van der Waals surface area contributed by atoms with Gasteiger partial charge in [0.05, 0.1) is 12.2 Å². The van der Waals surface area contributed by atoms with Gasteiger partial charge in [0.1, 0.15) is 0 Å². The standard InChI is InChI=1S/C16H25NO/c1-11-12(2)14(4)16(13(11)3)15(18)9-7-5-6-8-10-17/h15-16,18H,5-9H2,1-4H3. The molecule has 0 aromatic rings. The maximum atomic E-state index is 10.3. The van der Waals surface area contributed by atoms with E-state index in [2.05, 4.69) is 33.8 Å². The number of rotatable bonds is 6. The Balaban J connectivity index is 2.49. The summed E-state index contributed by atoms with van der Waals surface area (Å²) in [5.74, 6) is 0.223. The van der Waals surface area contributed by atoms with E-state index >= 15 is 0 Å². The minimum atomic E-state index is -0.264. The Kier molecular flexibility index (Phi) is 5.62. The first kappa shape index (κ1) is 15.0. The van der Waals surface area contributed by atoms with Gasteiger partial charge in [0.2, 0.25) is 0 Å². The fraction of sp³-hybridized carbons (Fsp3) is 0.688. The van der Waals surface area contributed by atoms with E-state index in [4.69, 9.17) is 5.26 Å². The molecule has 2 nitrogen and oxygen atoms in total. The van der Waals surface area contributed by atoms with Crippen molar-refractivity contribution < 1.29 is 5.11 Å². The predicted molar refractivity (Wildman–Crippen MR) is 74.9 cm³/mol. The Labute approximate surface area is 111 Å². The van der Waals surface area contributed by atoms with Crippen LogP contribution >= 0.6 is 0 Å². The van der Waals surface area contributed by atoms with Gasteiger partial charge in [-0.3, -0.25) is 0 Å². The molecular formula is C16H25NO. The van der Waals surface area contributed by atoms with Crippen molar-refractivity contribution in [1.82, 2.24) is 0 Å². The molecular weight excluding hydrogens is 222 g/mol. The zero-order chi connectivity index (χ0) is 13.7. The molecule has 1 rings (SSSR count). The molecule has 0 amide bonds. The lowest BCUT2D eigenvalue weighted by molar-refractivity contribution is 0.128. The number of hydrogen-bond donors (Lipinski definition) is 1. The summed E-state index contributed by atoms with van der Waals surface area (Å²) in [7, 11) is 0. The summed E-state index contributed by atoms with van der Waals surface area (Å²) in [6.45, 7) is 8.57. The van der Waals surface area contributed by atoms with Crippen LogP contribution in [0.3, 0.4) is 0 Å². The summed E-state index contributed by atoms with van der Waals surface area (Å²) in [6.07, 6.45) is 4.22. The van der Waals surface area contributed by atoms with E-state index in [1.165, 1.54) is 22.3 Å². The molecule has 0 radical (unpaired) electrons. The Morgan fingerprint density at radius 3 is 2.11 bits per heavy atom. The zero-order valence-electron chi connectivity index (χ0n) is 12.1. The van der Waals surface area contributed by atoms with Crippen LogP contribution in [0, 0.1) is 17.2 Å². The van der Waals surface area contributed by atoms with Crippen LogP contribution in [0.4, 0.5) is 0 Å². The van der Waals surface area contributed by atoms with Crippen molar-refractivity contribution in [1.29, 1.82) is 5.26 Å². The summed E-state index contributed by atoms with van der Waals surface area (Å²) in [6, 6.07) is 2.16. The van der Waals surface area contributed by atoms with Crippen LogP contribution in [0.5, 0.6) is 0 Å². The summed E-state index contributed by atoms with van der Waals surface area (Å²) in [5, 5.41) is 18.8. The minimum absolute atomic E-state index is 0.223. The maximum Gasteiger partial charge on any atom is 0.0642 e. The van der Waals surface area contributed by atoms with Gasteiger partial charge in [0.25, 0.3) is 0 Å². The summed E-state index contributed by atoms with van der Waals surface area (Å²) < 4.78 is 0. The first-order valence-electron chi connectivity index (χ1n) is 6.90. The molecule has 18 heavy (non-hydrogen) atoms. The Bertz CT molecular complexity index is 374. The first-order valence-corrected chi connectivity index (χ1v) is 6.90. The number of aliphatic hydroxyl groups excluding tert-OH is 1. The van der Waals surface area contributed by atoms with Gasteiger partial charge in [-0.15, -0.1) is 0 Å². The SMILES string of the molecule is CC1=C(C)C(C(O)CCCCCC#N)C(C)=C1C. The van der Waals surface area contributed by atoms with Crippen LogP contribution in [0.1, 0.15) is 59.8 Å². The molecule has 100 valence electrons. The van der Waals surface area contributed by atoms with Crippen LogP contribution in [0.2, 0.25) is 0 Å². The second kappa shape index (κ2) is 6.75. The van der Waals surface area contributed by atoms with Crippen LogP contribution in [-0.4, -0.2) is 11.2 Å². The molecule has 0 bridgehead atoms. The van der Waals surface area contributed by atoms with Crippen LogP contribution in [0.15, 0.2) is 22.3 Å². The highest BCUT2D eigenvalue weighted by molar-refractivity contribution is 5.46. The number of nitriles is 1. The van der Waals surface area contributed by atoms with Gasteiger partial charge < -0.3 is 5.11 Å². The van der Waals surface area contributed by atoms with E-state index < -0.39 is 0 Å². The van der Waals surface area contributed by atoms with E-state index in [0.29, 0.717) is 6.42 Å². The normalized spacial score (nSPS) is 18.4. The fourth-order valence-corrected chi connectivity index (χ4v) is 2.86. The smallest absolute Gasteiger partial charge is 0.0642 e. The molecule has 1 aliphatic rings. The highest BCUT2D eigenvalue weighted by Gasteiger charge is 2.29. The lowest BCUT2D eigenvalue weighted by atomic mass is 9.88. The molecule has 1 aliphatic carbocycles. The van der Waals surface area contributed by atoms with Gasteiger partial charge in [-0.05, 0) is 51.7 Å². The van der Waals surface area contributed by atoms with Gasteiger partial charge in [-0.2, -0.15) is 5.26 Å². The molecule has 2 heteroatoms. The fourth-order valence-electron chi connectivity index (χ4n) is 2.86. The van der Waals surface area contributed by atoms with Crippen LogP contribution in [0.25, 0.3) is 0 Å². The number of hydrogen-bond acceptors (Lipinski definition) is 2. The molecule has 0 spiro atoms. The van der Waals surface area contributed by atoms with Gasteiger partial charge >= 0.3 is 0 Å². The van der Waals surface area contributed by atoms with Crippen molar-refractivity contribution in [3.8, 4) is 6.07 Å². The molecule has 1 N–H and O–H groups in total. The molecule has 0 aromatic carbocycles. The largest absolute Gasteiger partial charge is 0.392 e. The number of nitrogens with zero attached hydrogens (tertiary/aromatic N) is 1. The number of aliphatic hydroxyl groups is 1. The van der Waals surface area contributed by atoms with Gasteiger partial charge in [0, 0.05) is 12.3 Å². The highest BCUT2D eigenvalue weighted by atomic mass is 16.3. The van der Waals surface area contributed by atoms with Crippen LogP contribution < -0.4 is 0 Å². The highest BCUT2D eigenvalue weighted by Crippen LogP contribution is 2.39. The third-order valence-corrected chi connectivity index (χ3v) is 4.35. The third-order valence-electron chi connectivity index (χ3n) is 4.35. The van der Waals surface area contributed by atoms with Gasteiger partial charge in [-0.1, -0.05) is 24.0 Å². The lowest BCUT2D eigenvalue weighted by Crippen LogP contribution is -2.21. The van der Waals surface area contributed by atoms with Crippen molar-refractivity contribution in [3.05, 3.63) is 22.3 Å². The van der Waals surface area contributed by atoms with E-state index in [-0.39, 0.29) is 12.0 Å². The van der Waals surface area contributed by atoms with E-state index in [1.54, 1.807) is 0 Å². The number of unbranched alkanes of at least 4 members (excludes halogenated alkanes) is 3. The second-order valence-corrected chi connectivity index (χ2v) is 5.42. The summed E-state index contributed by atoms with van der Waals surface area (Å²) in [5.41, 5.74) is 5.35. The molecule has 0 saturated carbocycles. The van der Waals surface area contributed by atoms with Crippen LogP contribution in [-0.2, 0) is 0 Å².